The lowest BCUT2D eigenvalue weighted by atomic mass is 10.1. The Balaban J connectivity index is 1.98. The molecule has 0 fully saturated rings. The third-order valence-corrected chi connectivity index (χ3v) is 10.3. The summed E-state index contributed by atoms with van der Waals surface area (Å²) in [6.45, 7) is 10.9. The van der Waals surface area contributed by atoms with Gasteiger partial charge >= 0.3 is 0 Å². The molecule has 0 bridgehead atoms. The monoisotopic (exact) mass is 403 g/mol. The maximum atomic E-state index is 6.72. The van der Waals surface area contributed by atoms with Crippen LogP contribution in [0.4, 0.5) is 0 Å². The maximum Gasteiger partial charge on any atom is 0.234 e. The zero-order valence-electron chi connectivity index (χ0n) is 16.5. The molecule has 0 aliphatic carbocycles. The minimum Gasteiger partial charge on any atom is -0.406 e. The molecule has 6 nitrogen and oxygen atoms in total. The number of aromatic nitrogens is 5. The average molecular weight is 404 g/mol. The Labute approximate surface area is 166 Å². The lowest BCUT2D eigenvalue weighted by Gasteiger charge is -2.37. The van der Waals surface area contributed by atoms with E-state index in [9.17, 15) is 0 Å². The van der Waals surface area contributed by atoms with E-state index < -0.39 is 13.9 Å². The van der Waals surface area contributed by atoms with Crippen molar-refractivity contribution >= 4 is 25.7 Å². The van der Waals surface area contributed by atoms with E-state index in [0.717, 1.165) is 29.5 Å². The molecule has 0 aromatic carbocycles. The normalized spacial score (nSPS) is 12.7. The Kier molecular flexibility index (Phi) is 5.65. The van der Waals surface area contributed by atoms with Crippen molar-refractivity contribution < 1.29 is 4.43 Å². The second kappa shape index (κ2) is 7.65. The summed E-state index contributed by atoms with van der Waals surface area (Å²) in [5, 5.41) is 0.210. The van der Waals surface area contributed by atoms with Gasteiger partial charge in [0.05, 0.1) is 28.9 Å². The molecule has 0 radical (unpaired) electrons. The standard InChI is InChI=1S/C19H26ClN5OSi/c1-6-27(7-2,8-3)26-19(4,5)16-10-12-25-15(13-22-18(25)24-16)14-9-11-21-17(20)23-14/h9-13H,6-8H2,1-5H3. The fourth-order valence-electron chi connectivity index (χ4n) is 3.43. The molecule has 0 atom stereocenters. The fourth-order valence-corrected chi connectivity index (χ4v) is 6.70. The second-order valence-electron chi connectivity index (χ2n) is 7.19. The number of halogens is 1. The van der Waals surface area contributed by atoms with Gasteiger partial charge in [0.25, 0.3) is 0 Å². The molecule has 3 aromatic rings. The quantitative estimate of drug-likeness (QED) is 0.405. The van der Waals surface area contributed by atoms with Gasteiger partial charge in [-0.2, -0.15) is 0 Å². The van der Waals surface area contributed by atoms with Crippen LogP contribution in [0.25, 0.3) is 17.2 Å². The van der Waals surface area contributed by atoms with Crippen LogP contribution in [0.15, 0.2) is 30.7 Å². The highest BCUT2D eigenvalue weighted by molar-refractivity contribution is 6.73. The molecular formula is C19H26ClN5OSi. The van der Waals surface area contributed by atoms with E-state index in [-0.39, 0.29) is 5.28 Å². The van der Waals surface area contributed by atoms with Crippen LogP contribution in [0.3, 0.4) is 0 Å². The van der Waals surface area contributed by atoms with Crippen molar-refractivity contribution in [2.75, 3.05) is 0 Å². The first-order chi connectivity index (χ1) is 12.8. The molecular weight excluding hydrogens is 378 g/mol. The van der Waals surface area contributed by atoms with Crippen LogP contribution in [0.2, 0.25) is 23.4 Å². The van der Waals surface area contributed by atoms with Gasteiger partial charge in [-0.3, -0.25) is 4.40 Å². The minimum atomic E-state index is -1.76. The molecule has 0 unspecified atom stereocenters. The summed E-state index contributed by atoms with van der Waals surface area (Å²) in [6, 6.07) is 7.12. The van der Waals surface area contributed by atoms with Crippen LogP contribution in [-0.4, -0.2) is 32.7 Å². The van der Waals surface area contributed by atoms with E-state index in [2.05, 4.69) is 49.6 Å². The Morgan fingerprint density at radius 3 is 2.41 bits per heavy atom. The van der Waals surface area contributed by atoms with Gasteiger partial charge in [-0.05, 0) is 55.7 Å². The van der Waals surface area contributed by atoms with E-state index in [4.69, 9.17) is 21.0 Å². The topological polar surface area (TPSA) is 65.2 Å². The van der Waals surface area contributed by atoms with Crippen molar-refractivity contribution in [2.24, 2.45) is 0 Å². The van der Waals surface area contributed by atoms with Gasteiger partial charge in [-0.25, -0.2) is 19.9 Å². The lowest BCUT2D eigenvalue weighted by Crippen LogP contribution is -2.43. The summed E-state index contributed by atoms with van der Waals surface area (Å²) in [6.07, 6.45) is 5.35. The van der Waals surface area contributed by atoms with Crippen molar-refractivity contribution in [3.63, 3.8) is 0 Å². The smallest absolute Gasteiger partial charge is 0.234 e. The SMILES string of the molecule is CC[Si](CC)(CC)OC(C)(C)c1ccn2c(-c3ccnc(Cl)n3)cnc2n1. The lowest BCUT2D eigenvalue weighted by molar-refractivity contribution is 0.0894. The molecule has 3 heterocycles. The van der Waals surface area contributed by atoms with Crippen LogP contribution in [-0.2, 0) is 10.0 Å². The van der Waals surface area contributed by atoms with Gasteiger partial charge in [-0.1, -0.05) is 20.8 Å². The third kappa shape index (κ3) is 3.90. The first-order valence-corrected chi connectivity index (χ1v) is 12.3. The summed E-state index contributed by atoms with van der Waals surface area (Å²) < 4.78 is 8.62. The number of hydrogen-bond donors (Lipinski definition) is 0. The van der Waals surface area contributed by atoms with Gasteiger partial charge in [0.1, 0.15) is 0 Å². The number of hydrogen-bond acceptors (Lipinski definition) is 5. The van der Waals surface area contributed by atoms with Crippen molar-refractivity contribution in [1.82, 2.24) is 24.3 Å². The van der Waals surface area contributed by atoms with E-state index in [1.54, 1.807) is 18.5 Å². The van der Waals surface area contributed by atoms with Crippen LogP contribution >= 0.6 is 11.6 Å². The van der Waals surface area contributed by atoms with Crippen LogP contribution in [0.1, 0.15) is 40.3 Å². The van der Waals surface area contributed by atoms with Gasteiger partial charge in [0.2, 0.25) is 11.1 Å². The number of imidazole rings is 1. The number of nitrogens with zero attached hydrogens (tertiary/aromatic N) is 5. The van der Waals surface area contributed by atoms with Crippen LogP contribution in [0, 0.1) is 0 Å². The maximum absolute atomic E-state index is 6.72. The molecule has 3 aromatic heterocycles. The zero-order valence-corrected chi connectivity index (χ0v) is 18.3. The molecule has 0 amide bonds. The zero-order chi connectivity index (χ0) is 19.7. The molecule has 144 valence electrons. The Morgan fingerprint density at radius 1 is 1.07 bits per heavy atom. The molecule has 27 heavy (non-hydrogen) atoms. The van der Waals surface area contributed by atoms with Crippen molar-refractivity contribution in [3.05, 3.63) is 41.7 Å². The Hall–Kier alpha value is -1.83. The molecule has 0 aliphatic heterocycles. The first-order valence-electron chi connectivity index (χ1n) is 9.38. The highest BCUT2D eigenvalue weighted by Crippen LogP contribution is 2.33. The molecule has 0 N–H and O–H groups in total. The van der Waals surface area contributed by atoms with Gasteiger partial charge in [-0.15, -0.1) is 0 Å². The first kappa shape index (κ1) is 19.9. The predicted molar refractivity (Wildman–Crippen MR) is 110 cm³/mol. The Bertz CT molecular complexity index is 930. The molecule has 0 saturated carbocycles. The van der Waals surface area contributed by atoms with Gasteiger partial charge in [0.15, 0.2) is 8.32 Å². The van der Waals surface area contributed by atoms with Gasteiger partial charge in [0, 0.05) is 12.4 Å². The van der Waals surface area contributed by atoms with E-state index in [1.165, 1.54) is 0 Å². The number of fused-ring (bicyclic) bond motifs is 1. The molecule has 8 heteroatoms. The summed E-state index contributed by atoms with van der Waals surface area (Å²) >= 11 is 5.92. The van der Waals surface area contributed by atoms with Crippen LogP contribution in [0.5, 0.6) is 0 Å². The minimum absolute atomic E-state index is 0.210. The summed E-state index contributed by atoms with van der Waals surface area (Å²) in [7, 11) is -1.76. The van der Waals surface area contributed by atoms with Crippen molar-refractivity contribution in [2.45, 2.75) is 58.4 Å². The summed E-state index contributed by atoms with van der Waals surface area (Å²) in [4.78, 5) is 17.4. The molecule has 3 rings (SSSR count). The van der Waals surface area contributed by atoms with Gasteiger partial charge < -0.3 is 4.43 Å². The van der Waals surface area contributed by atoms with Crippen LogP contribution < -0.4 is 0 Å². The molecule has 0 saturated heterocycles. The average Bonchev–Trinajstić information content (AvgIpc) is 3.09. The number of rotatable bonds is 7. The van der Waals surface area contributed by atoms with E-state index in [1.807, 2.05) is 16.7 Å². The Morgan fingerprint density at radius 2 is 1.78 bits per heavy atom. The van der Waals surface area contributed by atoms with Crippen molar-refractivity contribution in [3.8, 4) is 11.4 Å². The molecule has 0 aliphatic rings. The highest BCUT2D eigenvalue weighted by Gasteiger charge is 2.37. The summed E-state index contributed by atoms with van der Waals surface area (Å²) in [5.41, 5.74) is 1.97. The third-order valence-electron chi connectivity index (χ3n) is 5.29. The second-order valence-corrected chi connectivity index (χ2v) is 12.2. The molecule has 0 spiro atoms. The summed E-state index contributed by atoms with van der Waals surface area (Å²) in [5.74, 6) is 0.616. The highest BCUT2D eigenvalue weighted by atomic mass is 35.5. The van der Waals surface area contributed by atoms with E-state index >= 15 is 0 Å². The van der Waals surface area contributed by atoms with E-state index in [0.29, 0.717) is 11.5 Å². The predicted octanol–water partition coefficient (Wildman–Crippen LogP) is 5.10. The fraction of sp³-hybridized carbons (Fsp3) is 0.474. The largest absolute Gasteiger partial charge is 0.406 e. The van der Waals surface area contributed by atoms with Crippen molar-refractivity contribution in [1.29, 1.82) is 0 Å².